The molecule has 0 aliphatic carbocycles. The van der Waals surface area contributed by atoms with E-state index in [2.05, 4.69) is 10.2 Å². The molecule has 0 saturated heterocycles. The minimum absolute atomic E-state index is 0.0155. The zero-order valence-electron chi connectivity index (χ0n) is 15.4. The molecule has 0 aliphatic heterocycles. The summed E-state index contributed by atoms with van der Waals surface area (Å²) in [6.07, 6.45) is -4.69. The van der Waals surface area contributed by atoms with E-state index >= 15 is 0 Å². The van der Waals surface area contributed by atoms with Crippen LogP contribution in [0.1, 0.15) is 5.56 Å². The fourth-order valence-corrected chi connectivity index (χ4v) is 3.65. The van der Waals surface area contributed by atoms with Gasteiger partial charge in [0.15, 0.2) is 11.0 Å². The smallest absolute Gasteiger partial charge is 0.383 e. The average Bonchev–Trinajstić information content (AvgIpc) is 3.08. The van der Waals surface area contributed by atoms with Crippen LogP contribution >= 0.6 is 23.4 Å². The van der Waals surface area contributed by atoms with Gasteiger partial charge >= 0.3 is 6.18 Å². The Labute approximate surface area is 178 Å². The van der Waals surface area contributed by atoms with Gasteiger partial charge in [-0.1, -0.05) is 11.6 Å². The molecule has 2 aromatic carbocycles. The number of aromatic nitrogens is 3. The van der Waals surface area contributed by atoms with Crippen molar-refractivity contribution in [2.75, 3.05) is 13.7 Å². The molecule has 12 heteroatoms. The van der Waals surface area contributed by atoms with Crippen molar-refractivity contribution in [1.82, 2.24) is 14.8 Å². The van der Waals surface area contributed by atoms with Crippen LogP contribution in [0.5, 0.6) is 0 Å². The van der Waals surface area contributed by atoms with Gasteiger partial charge in [-0.2, -0.15) is 13.2 Å². The maximum Gasteiger partial charge on any atom is 0.416 e. The van der Waals surface area contributed by atoms with E-state index in [1.165, 1.54) is 7.11 Å². The van der Waals surface area contributed by atoms with E-state index in [1.54, 1.807) is 28.8 Å². The lowest BCUT2D eigenvalue weighted by Gasteiger charge is -2.11. The molecule has 0 unspecified atom stereocenters. The summed E-state index contributed by atoms with van der Waals surface area (Å²) in [5.41, 5.74) is -1.05. The number of nitro benzene ring substituents is 1. The molecule has 158 valence electrons. The van der Waals surface area contributed by atoms with Crippen LogP contribution in [0.25, 0.3) is 11.4 Å². The molecule has 0 saturated carbocycles. The van der Waals surface area contributed by atoms with E-state index in [1.807, 2.05) is 0 Å². The highest BCUT2D eigenvalue weighted by Crippen LogP contribution is 2.39. The van der Waals surface area contributed by atoms with Gasteiger partial charge in [0.25, 0.3) is 5.69 Å². The van der Waals surface area contributed by atoms with Crippen LogP contribution in [0.15, 0.2) is 52.5 Å². The summed E-state index contributed by atoms with van der Waals surface area (Å²) in [6, 6.07) is 9.21. The number of ether oxygens (including phenoxy) is 1. The van der Waals surface area contributed by atoms with Gasteiger partial charge in [-0.25, -0.2) is 0 Å². The number of halogens is 4. The Kier molecular flexibility index (Phi) is 6.64. The molecule has 0 bridgehead atoms. The molecular formula is C18H14ClF3N4O3S. The molecule has 7 nitrogen and oxygen atoms in total. The van der Waals surface area contributed by atoms with Gasteiger partial charge in [-0.3, -0.25) is 14.7 Å². The van der Waals surface area contributed by atoms with Gasteiger partial charge in [0.05, 0.1) is 28.5 Å². The molecule has 0 fully saturated rings. The molecule has 30 heavy (non-hydrogen) atoms. The number of hydrogen-bond donors (Lipinski definition) is 0. The van der Waals surface area contributed by atoms with Crippen molar-refractivity contribution in [3.05, 3.63) is 63.2 Å². The summed E-state index contributed by atoms with van der Waals surface area (Å²) in [5, 5.41) is 20.4. The number of methoxy groups -OCH3 is 1. The molecule has 3 rings (SSSR count). The van der Waals surface area contributed by atoms with Crippen molar-refractivity contribution in [2.24, 2.45) is 0 Å². The van der Waals surface area contributed by atoms with E-state index < -0.39 is 22.4 Å². The molecule has 1 heterocycles. The largest absolute Gasteiger partial charge is 0.416 e. The summed E-state index contributed by atoms with van der Waals surface area (Å²) in [7, 11) is 1.51. The Balaban J connectivity index is 2.02. The normalized spacial score (nSPS) is 11.6. The van der Waals surface area contributed by atoms with Gasteiger partial charge in [0, 0.05) is 23.8 Å². The van der Waals surface area contributed by atoms with Crippen LogP contribution in [-0.2, 0) is 17.5 Å². The lowest BCUT2D eigenvalue weighted by Crippen LogP contribution is -2.08. The summed E-state index contributed by atoms with van der Waals surface area (Å²) < 4.78 is 45.6. The van der Waals surface area contributed by atoms with Gasteiger partial charge < -0.3 is 4.74 Å². The molecule has 0 aliphatic rings. The van der Waals surface area contributed by atoms with Gasteiger partial charge in [-0.05, 0) is 48.2 Å². The third-order valence-electron chi connectivity index (χ3n) is 4.02. The van der Waals surface area contributed by atoms with E-state index in [9.17, 15) is 23.3 Å². The fourth-order valence-electron chi connectivity index (χ4n) is 2.58. The van der Waals surface area contributed by atoms with Crippen molar-refractivity contribution in [2.45, 2.75) is 22.8 Å². The summed E-state index contributed by atoms with van der Waals surface area (Å²) in [6.45, 7) is 0.638. The van der Waals surface area contributed by atoms with Gasteiger partial charge in [0.1, 0.15) is 0 Å². The van der Waals surface area contributed by atoms with Crippen LogP contribution in [0.3, 0.4) is 0 Å². The van der Waals surface area contributed by atoms with E-state index in [0.29, 0.717) is 35.6 Å². The maximum absolute atomic E-state index is 12.9. The Bertz CT molecular complexity index is 1060. The highest BCUT2D eigenvalue weighted by Gasteiger charge is 2.33. The topological polar surface area (TPSA) is 83.1 Å². The number of nitro groups is 1. The predicted octanol–water partition coefficient (Wildman–Crippen LogP) is 5.32. The maximum atomic E-state index is 12.9. The minimum atomic E-state index is -4.69. The molecule has 0 atom stereocenters. The molecule has 0 amide bonds. The molecule has 0 spiro atoms. The van der Waals surface area contributed by atoms with E-state index in [0.717, 1.165) is 23.9 Å². The lowest BCUT2D eigenvalue weighted by molar-refractivity contribution is -0.388. The van der Waals surface area contributed by atoms with Crippen molar-refractivity contribution >= 4 is 29.1 Å². The zero-order valence-corrected chi connectivity index (χ0v) is 17.0. The lowest BCUT2D eigenvalue weighted by atomic mass is 10.2. The molecule has 0 radical (unpaired) electrons. The van der Waals surface area contributed by atoms with Crippen LogP contribution in [0.4, 0.5) is 18.9 Å². The zero-order chi connectivity index (χ0) is 21.9. The highest BCUT2D eigenvalue weighted by atomic mass is 35.5. The Morgan fingerprint density at radius 2 is 1.90 bits per heavy atom. The first kappa shape index (κ1) is 22.1. The summed E-state index contributed by atoms with van der Waals surface area (Å²) in [5.74, 6) is 0.473. The number of hydrogen-bond acceptors (Lipinski definition) is 6. The minimum Gasteiger partial charge on any atom is -0.383 e. The monoisotopic (exact) mass is 458 g/mol. The average molecular weight is 459 g/mol. The van der Waals surface area contributed by atoms with Crippen molar-refractivity contribution in [1.29, 1.82) is 0 Å². The number of rotatable bonds is 7. The quantitative estimate of drug-likeness (QED) is 0.352. The second-order valence-electron chi connectivity index (χ2n) is 6.00. The third kappa shape index (κ3) is 4.91. The third-order valence-corrected chi connectivity index (χ3v) is 5.32. The second kappa shape index (κ2) is 9.02. The van der Waals surface area contributed by atoms with Crippen LogP contribution < -0.4 is 0 Å². The van der Waals surface area contributed by atoms with Crippen LogP contribution in [-0.4, -0.2) is 33.4 Å². The summed E-state index contributed by atoms with van der Waals surface area (Å²) >= 11 is 6.77. The van der Waals surface area contributed by atoms with Gasteiger partial charge in [0.2, 0.25) is 0 Å². The summed E-state index contributed by atoms with van der Waals surface area (Å²) in [4.78, 5) is 10.5. The second-order valence-corrected chi connectivity index (χ2v) is 7.44. The first-order valence-corrected chi connectivity index (χ1v) is 9.61. The Morgan fingerprint density at radius 1 is 1.20 bits per heavy atom. The molecule has 3 aromatic rings. The predicted molar refractivity (Wildman–Crippen MR) is 105 cm³/mol. The van der Waals surface area contributed by atoms with Crippen LogP contribution in [0.2, 0.25) is 5.02 Å². The van der Waals surface area contributed by atoms with Crippen molar-refractivity contribution in [3.8, 4) is 11.4 Å². The fraction of sp³-hybridized carbons (Fsp3) is 0.222. The molecule has 0 N–H and O–H groups in total. The van der Waals surface area contributed by atoms with Crippen LogP contribution in [0, 0.1) is 10.1 Å². The standard InChI is InChI=1S/C18H14ClF3N4O3S/c1-29-9-8-25-16(11-2-5-13(19)6-3-11)23-24-17(25)30-15-7-4-12(18(20,21)22)10-14(15)26(27)28/h2-7,10H,8-9H2,1H3. The Morgan fingerprint density at radius 3 is 2.50 bits per heavy atom. The van der Waals surface area contributed by atoms with Crippen molar-refractivity contribution < 1.29 is 22.8 Å². The van der Waals surface area contributed by atoms with Gasteiger partial charge in [-0.15, -0.1) is 10.2 Å². The number of nitrogens with zero attached hydrogens (tertiary/aromatic N) is 4. The molecular weight excluding hydrogens is 445 g/mol. The first-order chi connectivity index (χ1) is 14.2. The number of alkyl halides is 3. The Hall–Kier alpha value is -2.63. The van der Waals surface area contributed by atoms with E-state index in [4.69, 9.17) is 16.3 Å². The van der Waals surface area contributed by atoms with E-state index in [-0.39, 0.29) is 10.1 Å². The van der Waals surface area contributed by atoms with Crippen molar-refractivity contribution in [3.63, 3.8) is 0 Å². The highest BCUT2D eigenvalue weighted by molar-refractivity contribution is 7.99. The number of benzene rings is 2. The SMILES string of the molecule is COCCn1c(Sc2ccc(C(F)(F)F)cc2[N+](=O)[O-])nnc1-c1ccc(Cl)cc1. The molecule has 1 aromatic heterocycles. The first-order valence-electron chi connectivity index (χ1n) is 8.42.